The zero-order chi connectivity index (χ0) is 31.7. The van der Waals surface area contributed by atoms with Crippen LogP contribution in [0, 0.1) is 11.6 Å². The molecule has 0 bridgehead atoms. The lowest BCUT2D eigenvalue weighted by atomic mass is 10.0. The lowest BCUT2D eigenvalue weighted by Crippen LogP contribution is -2.28. The summed E-state index contributed by atoms with van der Waals surface area (Å²) in [5.74, 6) is -0.209. The first-order valence-electron chi connectivity index (χ1n) is 13.8. The van der Waals surface area contributed by atoms with Crippen molar-refractivity contribution >= 4 is 33.3 Å². The molecule has 0 saturated carbocycles. The van der Waals surface area contributed by atoms with E-state index in [-0.39, 0.29) is 34.9 Å². The second-order valence-electron chi connectivity index (χ2n) is 10.8. The van der Waals surface area contributed by atoms with E-state index in [4.69, 9.17) is 14.2 Å². The van der Waals surface area contributed by atoms with Gasteiger partial charge < -0.3 is 29.6 Å². The summed E-state index contributed by atoms with van der Waals surface area (Å²) >= 11 is 0. The molecule has 0 amide bonds. The molecule has 6 rings (SSSR count). The molecule has 0 aliphatic heterocycles. The van der Waals surface area contributed by atoms with Crippen LogP contribution in [-0.2, 0) is 0 Å². The number of methoxy groups -OCH3 is 1. The van der Waals surface area contributed by atoms with Gasteiger partial charge in [0.05, 0.1) is 34.5 Å². The van der Waals surface area contributed by atoms with Crippen molar-refractivity contribution in [2.45, 2.75) is 19.4 Å². The van der Waals surface area contributed by atoms with Crippen LogP contribution in [0.1, 0.15) is 13.8 Å². The van der Waals surface area contributed by atoms with Crippen LogP contribution < -0.4 is 25.0 Å². The predicted octanol–water partition coefficient (Wildman–Crippen LogP) is 6.51. The van der Waals surface area contributed by atoms with E-state index in [1.165, 1.54) is 56.0 Å². The Kier molecular flexibility index (Phi) is 7.73. The maximum atomic E-state index is 15.4. The van der Waals surface area contributed by atoms with Crippen LogP contribution in [-0.4, -0.2) is 44.4 Å². The first kappa shape index (κ1) is 29.5. The molecule has 45 heavy (non-hydrogen) atoms. The first-order chi connectivity index (χ1) is 21.6. The maximum absolute atomic E-state index is 15.4. The lowest BCUT2D eigenvalue weighted by Gasteiger charge is -2.19. The van der Waals surface area contributed by atoms with Gasteiger partial charge in [0.15, 0.2) is 23.1 Å². The van der Waals surface area contributed by atoms with Crippen LogP contribution in [0.2, 0.25) is 0 Å². The van der Waals surface area contributed by atoms with E-state index in [1.807, 2.05) is 0 Å². The fourth-order valence-corrected chi connectivity index (χ4v) is 4.65. The van der Waals surface area contributed by atoms with Crippen LogP contribution in [0.4, 0.5) is 20.3 Å². The first-order valence-corrected chi connectivity index (χ1v) is 13.8. The summed E-state index contributed by atoms with van der Waals surface area (Å²) in [6, 6.07) is 14.7. The number of H-pyrrole nitrogens is 1. The Morgan fingerprint density at radius 1 is 0.956 bits per heavy atom. The molecule has 6 aromatic rings. The predicted molar refractivity (Wildman–Crippen MR) is 165 cm³/mol. The Bertz CT molecular complexity index is 2100. The average Bonchev–Trinajstić information content (AvgIpc) is 3.01. The molecular formula is C33H27F2N5O5. The van der Waals surface area contributed by atoms with E-state index in [2.05, 4.69) is 25.3 Å². The molecule has 12 heteroatoms. The number of ether oxygens (including phenoxy) is 3. The minimum absolute atomic E-state index is 0.0208. The topological polar surface area (TPSA) is 131 Å². The molecule has 0 atom stereocenters. The normalized spacial score (nSPS) is 11.5. The van der Waals surface area contributed by atoms with E-state index in [0.29, 0.717) is 44.7 Å². The van der Waals surface area contributed by atoms with Crippen molar-refractivity contribution in [1.29, 1.82) is 0 Å². The minimum atomic E-state index is -1.06. The van der Waals surface area contributed by atoms with Crippen molar-refractivity contribution in [3.8, 4) is 34.3 Å². The summed E-state index contributed by atoms with van der Waals surface area (Å²) in [7, 11) is 1.47. The number of pyridine rings is 2. The van der Waals surface area contributed by atoms with Crippen LogP contribution in [0.3, 0.4) is 0 Å². The van der Waals surface area contributed by atoms with Gasteiger partial charge in [-0.2, -0.15) is 0 Å². The Hall–Kier alpha value is -5.62. The second kappa shape index (κ2) is 11.8. The third-order valence-electron chi connectivity index (χ3n) is 6.82. The fourth-order valence-electron chi connectivity index (χ4n) is 4.65. The van der Waals surface area contributed by atoms with Crippen molar-refractivity contribution in [2.24, 2.45) is 0 Å². The van der Waals surface area contributed by atoms with Crippen molar-refractivity contribution in [1.82, 2.24) is 19.9 Å². The molecule has 0 spiro atoms. The zero-order valence-corrected chi connectivity index (χ0v) is 24.4. The number of anilines is 2. The number of aromatic amines is 1. The van der Waals surface area contributed by atoms with Crippen molar-refractivity contribution in [3.05, 3.63) is 101 Å². The molecule has 0 fully saturated rings. The van der Waals surface area contributed by atoms with Gasteiger partial charge in [0.25, 0.3) is 0 Å². The Morgan fingerprint density at radius 3 is 2.49 bits per heavy atom. The van der Waals surface area contributed by atoms with Gasteiger partial charge in [-0.1, -0.05) is 12.1 Å². The maximum Gasteiger partial charge on any atom is 0.230 e. The summed E-state index contributed by atoms with van der Waals surface area (Å²) in [6.07, 6.45) is 4.35. The third kappa shape index (κ3) is 6.22. The number of nitrogens with zero attached hydrogens (tertiary/aromatic N) is 3. The van der Waals surface area contributed by atoms with Gasteiger partial charge in [-0.25, -0.2) is 23.7 Å². The SMILES string of the molecule is COc1cc2c(Oc3ccc(Nc4nccc5[nH]cc(-c6ccc(F)cc6)c(=O)c45)cc3F)ncnc2cc1OCC(C)(C)O. The number of halogens is 2. The Labute approximate surface area is 255 Å². The van der Waals surface area contributed by atoms with Gasteiger partial charge in [-0.3, -0.25) is 4.79 Å². The molecule has 228 valence electrons. The standard InChI is InChI=1S/C33H27F2N5O5/c1-33(2,42)16-44-28-14-25-21(13-27(28)43-3)32(39-17-38-25)45-26-9-8-20(12-23(26)35)40-31-29-24(10-11-36-31)37-15-22(30(29)41)18-4-6-19(34)7-5-18/h4-15,17,42H,16H2,1-3H3,(H,36,40)(H,37,41). The molecule has 3 N–H and O–H groups in total. The average molecular weight is 612 g/mol. The van der Waals surface area contributed by atoms with E-state index >= 15 is 4.39 Å². The zero-order valence-electron chi connectivity index (χ0n) is 24.4. The van der Waals surface area contributed by atoms with E-state index < -0.39 is 17.2 Å². The Balaban J connectivity index is 1.29. The van der Waals surface area contributed by atoms with Crippen molar-refractivity contribution < 1.29 is 28.1 Å². The van der Waals surface area contributed by atoms with E-state index in [1.54, 1.807) is 44.3 Å². The van der Waals surface area contributed by atoms with E-state index in [9.17, 15) is 14.3 Å². The molecule has 0 saturated heterocycles. The largest absolute Gasteiger partial charge is 0.493 e. The highest BCUT2D eigenvalue weighted by atomic mass is 19.1. The number of fused-ring (bicyclic) bond motifs is 2. The van der Waals surface area contributed by atoms with Crippen molar-refractivity contribution in [3.63, 3.8) is 0 Å². The van der Waals surface area contributed by atoms with Crippen molar-refractivity contribution in [2.75, 3.05) is 19.0 Å². The highest BCUT2D eigenvalue weighted by molar-refractivity contribution is 5.93. The number of aromatic nitrogens is 4. The highest BCUT2D eigenvalue weighted by Crippen LogP contribution is 2.37. The number of nitrogens with one attached hydrogen (secondary N) is 2. The lowest BCUT2D eigenvalue weighted by molar-refractivity contribution is 0.0277. The van der Waals surface area contributed by atoms with Gasteiger partial charge >= 0.3 is 0 Å². The number of hydrogen-bond acceptors (Lipinski definition) is 9. The summed E-state index contributed by atoms with van der Waals surface area (Å²) in [4.78, 5) is 29.3. The molecule has 3 aromatic heterocycles. The molecular weight excluding hydrogens is 584 g/mol. The van der Waals surface area contributed by atoms with Gasteiger partial charge in [-0.05, 0) is 55.8 Å². The summed E-state index contributed by atoms with van der Waals surface area (Å²) in [5.41, 5.74) is 0.763. The van der Waals surface area contributed by atoms with E-state index in [0.717, 1.165) is 0 Å². The Morgan fingerprint density at radius 2 is 1.76 bits per heavy atom. The summed E-state index contributed by atoms with van der Waals surface area (Å²) in [5, 5.41) is 13.8. The van der Waals surface area contributed by atoms with Gasteiger partial charge in [0, 0.05) is 35.8 Å². The third-order valence-corrected chi connectivity index (χ3v) is 6.82. The fraction of sp³-hybridized carbons (Fsp3) is 0.152. The quantitative estimate of drug-likeness (QED) is 0.168. The van der Waals surface area contributed by atoms with Crippen LogP contribution in [0.5, 0.6) is 23.1 Å². The van der Waals surface area contributed by atoms with Crippen LogP contribution in [0.15, 0.2) is 84.2 Å². The summed E-state index contributed by atoms with van der Waals surface area (Å²) < 4.78 is 45.9. The van der Waals surface area contributed by atoms with Crippen LogP contribution >= 0.6 is 0 Å². The second-order valence-corrected chi connectivity index (χ2v) is 10.8. The number of aliphatic hydroxyl groups is 1. The molecule has 3 aromatic carbocycles. The molecule has 0 aliphatic carbocycles. The molecule has 10 nitrogen and oxygen atoms in total. The number of hydrogen-bond donors (Lipinski definition) is 3. The molecule has 0 aliphatic rings. The van der Waals surface area contributed by atoms with Gasteiger partial charge in [-0.15, -0.1) is 0 Å². The smallest absolute Gasteiger partial charge is 0.230 e. The highest BCUT2D eigenvalue weighted by Gasteiger charge is 2.19. The monoisotopic (exact) mass is 611 g/mol. The van der Waals surface area contributed by atoms with Gasteiger partial charge in [0.1, 0.15) is 24.6 Å². The van der Waals surface area contributed by atoms with Crippen LogP contribution in [0.25, 0.3) is 32.9 Å². The number of benzene rings is 3. The summed E-state index contributed by atoms with van der Waals surface area (Å²) in [6.45, 7) is 3.26. The van der Waals surface area contributed by atoms with Gasteiger partial charge in [0.2, 0.25) is 11.3 Å². The minimum Gasteiger partial charge on any atom is -0.493 e. The molecule has 0 unspecified atom stereocenters. The number of rotatable bonds is 9. The molecule has 0 radical (unpaired) electrons. The molecule has 3 heterocycles.